The lowest BCUT2D eigenvalue weighted by Gasteiger charge is -2.13. The number of nitrogen functional groups attached to an aromatic ring is 1. The number of pyridine rings is 1. The van der Waals surface area contributed by atoms with Crippen molar-refractivity contribution in [1.29, 1.82) is 0 Å². The summed E-state index contributed by atoms with van der Waals surface area (Å²) in [5, 5.41) is 7.45. The van der Waals surface area contributed by atoms with Crippen molar-refractivity contribution >= 4 is 22.8 Å². The average Bonchev–Trinajstić information content (AvgIpc) is 2.79. The van der Waals surface area contributed by atoms with Gasteiger partial charge in [0.05, 0.1) is 5.39 Å². The summed E-state index contributed by atoms with van der Waals surface area (Å²) in [5.41, 5.74) is 8.71. The van der Waals surface area contributed by atoms with Gasteiger partial charge in [-0.15, -0.1) is 0 Å². The van der Waals surface area contributed by atoms with Crippen LogP contribution in [0.1, 0.15) is 17.7 Å². The Labute approximate surface area is 111 Å². The largest absolute Gasteiger partial charge is 0.383 e. The first kappa shape index (κ1) is 12.1. The van der Waals surface area contributed by atoms with Crippen molar-refractivity contribution in [3.63, 3.8) is 0 Å². The Morgan fingerprint density at radius 1 is 1.32 bits per heavy atom. The molecule has 2 aromatic heterocycles. The summed E-state index contributed by atoms with van der Waals surface area (Å²) in [7, 11) is 0. The van der Waals surface area contributed by atoms with E-state index in [1.807, 2.05) is 19.9 Å². The maximum Gasteiger partial charge on any atom is 0.226 e. The number of anilines is 2. The summed E-state index contributed by atoms with van der Waals surface area (Å²) in [6, 6.07) is 2.36. The third-order valence-electron chi connectivity index (χ3n) is 3.41. The monoisotopic (exact) mass is 258 g/mol. The highest BCUT2D eigenvalue weighted by Crippen LogP contribution is 2.23. The van der Waals surface area contributed by atoms with Crippen molar-refractivity contribution in [2.45, 2.75) is 26.3 Å². The van der Waals surface area contributed by atoms with Gasteiger partial charge in [-0.05, 0) is 38.4 Å². The Kier molecular flexibility index (Phi) is 2.94. The fraction of sp³-hybridized carbons (Fsp3) is 0.462. The molecule has 0 spiro atoms. The molecule has 1 aliphatic rings. The van der Waals surface area contributed by atoms with Gasteiger partial charge in [0.15, 0.2) is 5.65 Å². The molecule has 19 heavy (non-hydrogen) atoms. The van der Waals surface area contributed by atoms with Gasteiger partial charge < -0.3 is 16.4 Å². The molecule has 3 heterocycles. The van der Waals surface area contributed by atoms with Crippen LogP contribution in [0.3, 0.4) is 0 Å². The van der Waals surface area contributed by atoms with Gasteiger partial charge in [0.1, 0.15) is 5.82 Å². The molecule has 0 radical (unpaired) electrons. The van der Waals surface area contributed by atoms with Crippen LogP contribution >= 0.6 is 0 Å². The van der Waals surface area contributed by atoms with E-state index < -0.39 is 0 Å². The first-order valence-corrected chi connectivity index (χ1v) is 6.52. The highest BCUT2D eigenvalue weighted by molar-refractivity contribution is 5.89. The van der Waals surface area contributed by atoms with Gasteiger partial charge >= 0.3 is 0 Å². The minimum Gasteiger partial charge on any atom is -0.383 e. The van der Waals surface area contributed by atoms with E-state index in [1.54, 1.807) is 0 Å². The zero-order valence-corrected chi connectivity index (χ0v) is 11.2. The molecule has 1 atom stereocenters. The standard InChI is InChI=1S/C13H18N6/c1-7-5-8(2)16-12-10(7)11(14)18-13(19-12)17-9-3-4-15-6-9/h5,9,15H,3-4,6H2,1-2H3,(H3,14,16,17,18,19)/t9-/m0/s1. The Bertz CT molecular complexity index is 618. The third-order valence-corrected chi connectivity index (χ3v) is 3.41. The first-order chi connectivity index (χ1) is 9.13. The predicted molar refractivity (Wildman–Crippen MR) is 76.1 cm³/mol. The summed E-state index contributed by atoms with van der Waals surface area (Å²) in [6.45, 7) is 5.92. The smallest absolute Gasteiger partial charge is 0.226 e. The van der Waals surface area contributed by atoms with Crippen LogP contribution in [0.25, 0.3) is 11.0 Å². The van der Waals surface area contributed by atoms with E-state index in [4.69, 9.17) is 5.73 Å². The second-order valence-corrected chi connectivity index (χ2v) is 5.05. The molecule has 100 valence electrons. The summed E-state index contributed by atoms with van der Waals surface area (Å²) in [6.07, 6.45) is 1.07. The highest BCUT2D eigenvalue weighted by atomic mass is 15.2. The van der Waals surface area contributed by atoms with E-state index in [0.717, 1.165) is 36.2 Å². The van der Waals surface area contributed by atoms with Crippen LogP contribution in [0.15, 0.2) is 6.07 Å². The maximum atomic E-state index is 6.04. The van der Waals surface area contributed by atoms with Gasteiger partial charge in [-0.3, -0.25) is 0 Å². The normalized spacial score (nSPS) is 18.9. The fourth-order valence-electron chi connectivity index (χ4n) is 2.53. The number of fused-ring (bicyclic) bond motifs is 1. The first-order valence-electron chi connectivity index (χ1n) is 6.52. The van der Waals surface area contributed by atoms with Crippen LogP contribution in [0.4, 0.5) is 11.8 Å². The van der Waals surface area contributed by atoms with Gasteiger partial charge in [-0.2, -0.15) is 9.97 Å². The van der Waals surface area contributed by atoms with E-state index in [-0.39, 0.29) is 0 Å². The number of nitrogens with two attached hydrogens (primary N) is 1. The Morgan fingerprint density at radius 3 is 2.89 bits per heavy atom. The number of nitrogens with one attached hydrogen (secondary N) is 2. The Balaban J connectivity index is 2.02. The lowest BCUT2D eigenvalue weighted by Crippen LogP contribution is -2.23. The quantitative estimate of drug-likeness (QED) is 0.744. The molecule has 6 heteroatoms. The van der Waals surface area contributed by atoms with Crippen LogP contribution in [0.5, 0.6) is 0 Å². The molecule has 0 unspecified atom stereocenters. The molecule has 0 bridgehead atoms. The van der Waals surface area contributed by atoms with E-state index >= 15 is 0 Å². The minimum absolute atomic E-state index is 0.364. The Morgan fingerprint density at radius 2 is 2.16 bits per heavy atom. The van der Waals surface area contributed by atoms with Crippen molar-refractivity contribution in [2.24, 2.45) is 0 Å². The summed E-state index contributed by atoms with van der Waals surface area (Å²) in [5.74, 6) is 1.06. The molecule has 6 nitrogen and oxygen atoms in total. The Hall–Kier alpha value is -1.95. The molecule has 0 aliphatic carbocycles. The zero-order chi connectivity index (χ0) is 13.4. The van der Waals surface area contributed by atoms with Crippen molar-refractivity contribution in [3.8, 4) is 0 Å². The second-order valence-electron chi connectivity index (χ2n) is 5.05. The van der Waals surface area contributed by atoms with Crippen LogP contribution in [0.2, 0.25) is 0 Å². The van der Waals surface area contributed by atoms with Gasteiger partial charge in [0, 0.05) is 18.3 Å². The lowest BCUT2D eigenvalue weighted by molar-refractivity contribution is 0.782. The zero-order valence-electron chi connectivity index (χ0n) is 11.2. The second kappa shape index (κ2) is 4.62. The SMILES string of the molecule is Cc1cc(C)c2c(N)nc(N[C@H]3CCNC3)nc2n1. The summed E-state index contributed by atoms with van der Waals surface area (Å²) < 4.78 is 0. The molecule has 3 rings (SSSR count). The molecule has 1 fully saturated rings. The van der Waals surface area contributed by atoms with E-state index in [1.165, 1.54) is 0 Å². The van der Waals surface area contributed by atoms with E-state index in [2.05, 4.69) is 25.6 Å². The molecule has 1 aliphatic heterocycles. The van der Waals surface area contributed by atoms with Crippen LogP contribution in [0, 0.1) is 13.8 Å². The molecule has 1 saturated heterocycles. The van der Waals surface area contributed by atoms with Crippen molar-refractivity contribution in [1.82, 2.24) is 20.3 Å². The predicted octanol–water partition coefficient (Wildman–Crippen LogP) is 0.998. The molecule has 4 N–H and O–H groups in total. The van der Waals surface area contributed by atoms with Gasteiger partial charge in [-0.25, -0.2) is 4.98 Å². The van der Waals surface area contributed by atoms with Crippen LogP contribution in [-0.4, -0.2) is 34.1 Å². The van der Waals surface area contributed by atoms with E-state index in [0.29, 0.717) is 23.5 Å². The minimum atomic E-state index is 0.364. The molecule has 0 aromatic carbocycles. The molecule has 0 saturated carbocycles. The van der Waals surface area contributed by atoms with Gasteiger partial charge in [0.2, 0.25) is 5.95 Å². The topological polar surface area (TPSA) is 88.8 Å². The summed E-state index contributed by atoms with van der Waals surface area (Å²) >= 11 is 0. The van der Waals surface area contributed by atoms with E-state index in [9.17, 15) is 0 Å². The highest BCUT2D eigenvalue weighted by Gasteiger charge is 2.16. The molecular weight excluding hydrogens is 240 g/mol. The number of aryl methyl sites for hydroxylation is 2. The van der Waals surface area contributed by atoms with Crippen LogP contribution in [-0.2, 0) is 0 Å². The van der Waals surface area contributed by atoms with Crippen LogP contribution < -0.4 is 16.4 Å². The average molecular weight is 258 g/mol. The summed E-state index contributed by atoms with van der Waals surface area (Å²) in [4.78, 5) is 13.3. The van der Waals surface area contributed by atoms with Crippen molar-refractivity contribution < 1.29 is 0 Å². The third kappa shape index (κ3) is 2.31. The van der Waals surface area contributed by atoms with Gasteiger partial charge in [0.25, 0.3) is 0 Å². The number of aromatic nitrogens is 3. The molecular formula is C13H18N6. The number of nitrogens with zero attached hydrogens (tertiary/aromatic N) is 3. The van der Waals surface area contributed by atoms with Crippen molar-refractivity contribution in [3.05, 3.63) is 17.3 Å². The van der Waals surface area contributed by atoms with Gasteiger partial charge in [-0.1, -0.05) is 0 Å². The lowest BCUT2D eigenvalue weighted by atomic mass is 10.1. The molecule has 0 amide bonds. The number of rotatable bonds is 2. The number of hydrogen-bond acceptors (Lipinski definition) is 6. The van der Waals surface area contributed by atoms with Crippen molar-refractivity contribution in [2.75, 3.05) is 24.1 Å². The maximum absolute atomic E-state index is 6.04. The number of hydrogen-bond donors (Lipinski definition) is 3. The molecule has 2 aromatic rings. The fourth-order valence-corrected chi connectivity index (χ4v) is 2.53.